The van der Waals surface area contributed by atoms with E-state index in [0.29, 0.717) is 6.61 Å². The summed E-state index contributed by atoms with van der Waals surface area (Å²) in [4.78, 5) is 10.4. The monoisotopic (exact) mass is 179 g/mol. The van der Waals surface area contributed by atoms with E-state index in [0.717, 1.165) is 12.8 Å². The molecule has 1 saturated heterocycles. The van der Waals surface area contributed by atoms with Crippen LogP contribution in [0, 0.1) is 0 Å². The molecule has 0 radical (unpaired) electrons. The molecule has 0 aromatic rings. The number of hydrogen-bond donors (Lipinski definition) is 1. The first-order chi connectivity index (χ1) is 5.70. The normalized spacial score (nSPS) is 23.1. The number of carbonyl (C=O) groups excluding carboxylic acids is 1. The van der Waals surface area contributed by atoms with Crippen molar-refractivity contribution in [2.45, 2.75) is 25.4 Å². The lowest BCUT2D eigenvalue weighted by Gasteiger charge is -2.09. The van der Waals surface area contributed by atoms with Gasteiger partial charge in [-0.1, -0.05) is 0 Å². The summed E-state index contributed by atoms with van der Waals surface area (Å²) in [6, 6.07) is 0. The number of halogens is 2. The van der Waals surface area contributed by atoms with Crippen molar-refractivity contribution in [3.63, 3.8) is 0 Å². The van der Waals surface area contributed by atoms with Gasteiger partial charge < -0.3 is 10.1 Å². The van der Waals surface area contributed by atoms with E-state index in [9.17, 15) is 13.6 Å². The van der Waals surface area contributed by atoms with Crippen LogP contribution in [0.15, 0.2) is 0 Å². The molecule has 0 aromatic carbocycles. The van der Waals surface area contributed by atoms with E-state index >= 15 is 0 Å². The predicted molar refractivity (Wildman–Crippen MR) is 38.0 cm³/mol. The first kappa shape index (κ1) is 9.38. The van der Waals surface area contributed by atoms with Gasteiger partial charge in [-0.2, -0.15) is 8.78 Å². The number of rotatable bonds is 3. The molecule has 1 aliphatic rings. The number of nitrogens with one attached hydrogen (secondary N) is 1. The average molecular weight is 179 g/mol. The molecular formula is C7H11F2NO2. The van der Waals surface area contributed by atoms with E-state index in [-0.39, 0.29) is 12.6 Å². The number of ether oxygens (including phenoxy) is 1. The van der Waals surface area contributed by atoms with Crippen molar-refractivity contribution in [3.05, 3.63) is 0 Å². The molecular weight excluding hydrogens is 168 g/mol. The first-order valence-corrected chi connectivity index (χ1v) is 3.87. The second kappa shape index (κ2) is 4.35. The smallest absolute Gasteiger partial charge is 0.315 e. The molecule has 1 N–H and O–H groups in total. The fourth-order valence-corrected chi connectivity index (χ4v) is 1.10. The molecule has 1 heterocycles. The zero-order valence-corrected chi connectivity index (χ0v) is 6.56. The molecule has 5 heteroatoms. The summed E-state index contributed by atoms with van der Waals surface area (Å²) in [7, 11) is 0. The molecule has 1 atom stereocenters. The van der Waals surface area contributed by atoms with Crippen LogP contribution >= 0.6 is 0 Å². The van der Waals surface area contributed by atoms with E-state index in [2.05, 4.69) is 5.32 Å². The molecule has 0 aromatic heterocycles. The highest BCUT2D eigenvalue weighted by Crippen LogP contribution is 2.10. The van der Waals surface area contributed by atoms with Crippen molar-refractivity contribution >= 4 is 5.91 Å². The van der Waals surface area contributed by atoms with Crippen LogP contribution in [0.5, 0.6) is 0 Å². The maximum atomic E-state index is 11.6. The molecule has 1 rings (SSSR count). The Morgan fingerprint density at radius 3 is 2.92 bits per heavy atom. The Labute approximate surface area is 69.1 Å². The van der Waals surface area contributed by atoms with Gasteiger partial charge in [0.2, 0.25) is 0 Å². The summed E-state index contributed by atoms with van der Waals surface area (Å²) in [6.45, 7) is 0.860. The lowest BCUT2D eigenvalue weighted by atomic mass is 10.2. The number of carbonyl (C=O) groups is 1. The number of hydrogen-bond acceptors (Lipinski definition) is 2. The minimum Gasteiger partial charge on any atom is -0.376 e. The fourth-order valence-electron chi connectivity index (χ4n) is 1.10. The number of amides is 1. The van der Waals surface area contributed by atoms with Crippen LogP contribution in [0.2, 0.25) is 0 Å². The molecule has 70 valence electrons. The lowest BCUT2D eigenvalue weighted by molar-refractivity contribution is -0.132. The van der Waals surface area contributed by atoms with Crippen molar-refractivity contribution in [2.24, 2.45) is 0 Å². The van der Waals surface area contributed by atoms with Crippen molar-refractivity contribution in [1.82, 2.24) is 5.32 Å². The molecule has 1 fully saturated rings. The quantitative estimate of drug-likeness (QED) is 0.687. The van der Waals surface area contributed by atoms with Crippen LogP contribution in [-0.4, -0.2) is 31.6 Å². The Morgan fingerprint density at radius 1 is 1.67 bits per heavy atom. The SMILES string of the molecule is O=C(NCC1CCCO1)C(F)F. The van der Waals surface area contributed by atoms with Gasteiger partial charge in [-0.25, -0.2) is 0 Å². The highest BCUT2D eigenvalue weighted by atomic mass is 19.3. The minimum atomic E-state index is -2.92. The highest BCUT2D eigenvalue weighted by molar-refractivity contribution is 5.79. The summed E-state index contributed by atoms with van der Waals surface area (Å²) in [5, 5.41) is 2.11. The second-order valence-electron chi connectivity index (χ2n) is 2.68. The largest absolute Gasteiger partial charge is 0.376 e. The Hall–Kier alpha value is -0.710. The molecule has 0 bridgehead atoms. The van der Waals surface area contributed by atoms with Gasteiger partial charge in [0.05, 0.1) is 6.10 Å². The van der Waals surface area contributed by atoms with E-state index in [1.165, 1.54) is 0 Å². The first-order valence-electron chi connectivity index (χ1n) is 3.87. The Bertz CT molecular complexity index is 157. The highest BCUT2D eigenvalue weighted by Gasteiger charge is 2.19. The van der Waals surface area contributed by atoms with Crippen LogP contribution in [0.25, 0.3) is 0 Å². The summed E-state index contributed by atoms with van der Waals surface area (Å²) < 4.78 is 28.4. The topological polar surface area (TPSA) is 38.3 Å². The van der Waals surface area contributed by atoms with Gasteiger partial charge in [-0.3, -0.25) is 4.79 Å². The van der Waals surface area contributed by atoms with E-state index < -0.39 is 12.3 Å². The van der Waals surface area contributed by atoms with Crippen LogP contribution in [0.4, 0.5) is 8.78 Å². The second-order valence-corrected chi connectivity index (χ2v) is 2.68. The van der Waals surface area contributed by atoms with Crippen LogP contribution in [-0.2, 0) is 9.53 Å². The third-order valence-corrected chi connectivity index (χ3v) is 1.73. The Morgan fingerprint density at radius 2 is 2.42 bits per heavy atom. The van der Waals surface area contributed by atoms with Crippen LogP contribution < -0.4 is 5.32 Å². The van der Waals surface area contributed by atoms with Crippen molar-refractivity contribution in [2.75, 3.05) is 13.2 Å². The van der Waals surface area contributed by atoms with Crippen LogP contribution in [0.3, 0.4) is 0 Å². The summed E-state index contributed by atoms with van der Waals surface area (Å²) in [5.41, 5.74) is 0. The number of alkyl halides is 2. The summed E-state index contributed by atoms with van der Waals surface area (Å²) in [6.07, 6.45) is -1.22. The fraction of sp³-hybridized carbons (Fsp3) is 0.857. The van der Waals surface area contributed by atoms with Gasteiger partial charge >= 0.3 is 6.43 Å². The zero-order valence-electron chi connectivity index (χ0n) is 6.56. The van der Waals surface area contributed by atoms with Gasteiger partial charge in [0.15, 0.2) is 0 Å². The van der Waals surface area contributed by atoms with Gasteiger partial charge in [0.25, 0.3) is 5.91 Å². The molecule has 0 saturated carbocycles. The summed E-state index contributed by atoms with van der Waals surface area (Å²) in [5.74, 6) is -1.22. The zero-order chi connectivity index (χ0) is 8.97. The Balaban J connectivity index is 2.12. The lowest BCUT2D eigenvalue weighted by Crippen LogP contribution is -2.35. The molecule has 0 spiro atoms. The van der Waals surface area contributed by atoms with Gasteiger partial charge in [-0.05, 0) is 12.8 Å². The van der Waals surface area contributed by atoms with Crippen LogP contribution in [0.1, 0.15) is 12.8 Å². The van der Waals surface area contributed by atoms with Crippen molar-refractivity contribution in [3.8, 4) is 0 Å². The van der Waals surface area contributed by atoms with Gasteiger partial charge in [0.1, 0.15) is 0 Å². The standard InChI is InChI=1S/C7H11F2NO2/c8-6(9)7(11)10-4-5-2-1-3-12-5/h5-6H,1-4H2,(H,10,11). The van der Waals surface area contributed by atoms with Crippen molar-refractivity contribution < 1.29 is 18.3 Å². The molecule has 3 nitrogen and oxygen atoms in total. The molecule has 1 aliphatic heterocycles. The third-order valence-electron chi connectivity index (χ3n) is 1.73. The van der Waals surface area contributed by atoms with E-state index in [1.807, 2.05) is 0 Å². The summed E-state index contributed by atoms with van der Waals surface area (Å²) >= 11 is 0. The predicted octanol–water partition coefficient (Wildman–Crippen LogP) is 0.547. The minimum absolute atomic E-state index is 0.0762. The van der Waals surface area contributed by atoms with Crippen molar-refractivity contribution in [1.29, 1.82) is 0 Å². The average Bonchev–Trinajstić information content (AvgIpc) is 2.51. The maximum absolute atomic E-state index is 11.6. The van der Waals surface area contributed by atoms with Gasteiger partial charge in [-0.15, -0.1) is 0 Å². The van der Waals surface area contributed by atoms with E-state index in [4.69, 9.17) is 4.74 Å². The van der Waals surface area contributed by atoms with Gasteiger partial charge in [0, 0.05) is 13.2 Å². The molecule has 1 amide bonds. The van der Waals surface area contributed by atoms with E-state index in [1.54, 1.807) is 0 Å². The Kier molecular flexibility index (Phi) is 3.40. The molecule has 12 heavy (non-hydrogen) atoms. The third kappa shape index (κ3) is 2.73. The molecule has 1 unspecified atom stereocenters. The molecule has 0 aliphatic carbocycles. The maximum Gasteiger partial charge on any atom is 0.315 e.